The fraction of sp³-hybridized carbons (Fsp3) is 0.333. The van der Waals surface area contributed by atoms with E-state index >= 15 is 0 Å². The molecule has 0 bridgehead atoms. The van der Waals surface area contributed by atoms with Crippen LogP contribution in [-0.4, -0.2) is 17.0 Å². The van der Waals surface area contributed by atoms with Gasteiger partial charge in [0, 0.05) is 24.6 Å². The van der Waals surface area contributed by atoms with Crippen molar-refractivity contribution in [2.45, 2.75) is 27.2 Å². The number of halogens is 1. The van der Waals surface area contributed by atoms with Crippen molar-refractivity contribution in [1.82, 2.24) is 9.97 Å². The van der Waals surface area contributed by atoms with Crippen molar-refractivity contribution in [2.24, 2.45) is 0 Å². The van der Waals surface area contributed by atoms with Gasteiger partial charge in [-0.15, -0.1) is 0 Å². The van der Waals surface area contributed by atoms with Crippen molar-refractivity contribution >= 4 is 5.82 Å². The van der Waals surface area contributed by atoms with E-state index < -0.39 is 0 Å². The molecule has 0 spiro atoms. The molecule has 0 fully saturated rings. The average molecular weight is 259 g/mol. The molecule has 4 heteroatoms. The van der Waals surface area contributed by atoms with E-state index in [1.54, 1.807) is 13.0 Å². The van der Waals surface area contributed by atoms with E-state index in [1.807, 2.05) is 27.0 Å². The molecule has 0 aliphatic carbocycles. The number of benzene rings is 1. The molecule has 1 aromatic carbocycles. The van der Waals surface area contributed by atoms with Gasteiger partial charge in [-0.3, -0.25) is 0 Å². The number of anilines is 1. The summed E-state index contributed by atoms with van der Waals surface area (Å²) < 4.78 is 13.7. The zero-order valence-corrected chi connectivity index (χ0v) is 11.7. The van der Waals surface area contributed by atoms with Crippen LogP contribution in [0.15, 0.2) is 18.2 Å². The van der Waals surface area contributed by atoms with Crippen LogP contribution in [0, 0.1) is 19.7 Å². The zero-order valence-electron chi connectivity index (χ0n) is 11.7. The number of nitrogens with one attached hydrogen (secondary N) is 1. The second kappa shape index (κ2) is 5.34. The second-order valence-electron chi connectivity index (χ2n) is 4.53. The molecular formula is C15H18FN3. The van der Waals surface area contributed by atoms with Crippen LogP contribution in [-0.2, 0) is 6.42 Å². The summed E-state index contributed by atoms with van der Waals surface area (Å²) in [7, 11) is 1.83. The molecular weight excluding hydrogens is 241 g/mol. The molecule has 0 amide bonds. The molecule has 0 unspecified atom stereocenters. The molecule has 2 rings (SSSR count). The molecule has 1 aromatic heterocycles. The number of aryl methyl sites for hydroxylation is 2. The highest BCUT2D eigenvalue weighted by atomic mass is 19.1. The van der Waals surface area contributed by atoms with E-state index in [4.69, 9.17) is 0 Å². The predicted molar refractivity (Wildman–Crippen MR) is 75.8 cm³/mol. The first kappa shape index (κ1) is 13.5. The molecule has 0 saturated carbocycles. The highest BCUT2D eigenvalue weighted by Crippen LogP contribution is 2.27. The first-order valence-corrected chi connectivity index (χ1v) is 6.38. The van der Waals surface area contributed by atoms with Crippen molar-refractivity contribution in [1.29, 1.82) is 0 Å². The van der Waals surface area contributed by atoms with Crippen molar-refractivity contribution in [2.75, 3.05) is 12.4 Å². The summed E-state index contributed by atoms with van der Waals surface area (Å²) in [5, 5.41) is 3.06. The van der Waals surface area contributed by atoms with Gasteiger partial charge in [-0.05, 0) is 25.5 Å². The Balaban J connectivity index is 2.63. The van der Waals surface area contributed by atoms with Gasteiger partial charge in [0.15, 0.2) is 0 Å². The normalized spacial score (nSPS) is 10.6. The highest BCUT2D eigenvalue weighted by molar-refractivity contribution is 5.68. The number of nitrogens with zero attached hydrogens (tertiary/aromatic N) is 2. The number of hydrogen-bond donors (Lipinski definition) is 1. The summed E-state index contributed by atoms with van der Waals surface area (Å²) in [6.45, 7) is 5.70. The molecule has 100 valence electrons. The summed E-state index contributed by atoms with van der Waals surface area (Å²) in [6.07, 6.45) is 0.746. The van der Waals surface area contributed by atoms with Gasteiger partial charge in [0.05, 0.1) is 5.69 Å². The number of rotatable bonds is 3. The summed E-state index contributed by atoms with van der Waals surface area (Å²) in [6, 6.07) is 5.20. The lowest BCUT2D eigenvalue weighted by molar-refractivity contribution is 0.619. The Morgan fingerprint density at radius 1 is 1.21 bits per heavy atom. The number of hydrogen-bond acceptors (Lipinski definition) is 3. The Labute approximate surface area is 112 Å². The molecule has 0 aliphatic rings. The average Bonchev–Trinajstić information content (AvgIpc) is 2.42. The molecule has 0 atom stereocenters. The maximum absolute atomic E-state index is 13.7. The summed E-state index contributed by atoms with van der Waals surface area (Å²) in [5.74, 6) is 1.34. The molecule has 0 radical (unpaired) electrons. The number of aromatic nitrogens is 2. The van der Waals surface area contributed by atoms with Crippen molar-refractivity contribution in [3.63, 3.8) is 0 Å². The molecule has 1 heterocycles. The quantitative estimate of drug-likeness (QED) is 0.916. The Hall–Kier alpha value is -1.97. The van der Waals surface area contributed by atoms with Crippen molar-refractivity contribution < 1.29 is 4.39 Å². The third-order valence-corrected chi connectivity index (χ3v) is 3.19. The Kier molecular flexibility index (Phi) is 3.79. The second-order valence-corrected chi connectivity index (χ2v) is 4.53. The van der Waals surface area contributed by atoms with Gasteiger partial charge in [0.2, 0.25) is 0 Å². The first-order valence-electron chi connectivity index (χ1n) is 6.38. The standard InChI is InChI=1S/C15H18FN3/c1-5-13-18-14(10(3)15(17-4)19-13)11-7-6-9(2)12(16)8-11/h6-8H,5H2,1-4H3,(H,17,18,19). The zero-order chi connectivity index (χ0) is 14.0. The Morgan fingerprint density at radius 2 is 1.95 bits per heavy atom. The smallest absolute Gasteiger partial charge is 0.132 e. The lowest BCUT2D eigenvalue weighted by atomic mass is 10.0. The van der Waals surface area contributed by atoms with Gasteiger partial charge in [0.25, 0.3) is 0 Å². The van der Waals surface area contributed by atoms with E-state index in [2.05, 4.69) is 15.3 Å². The topological polar surface area (TPSA) is 37.8 Å². The third-order valence-electron chi connectivity index (χ3n) is 3.19. The molecule has 0 aliphatic heterocycles. The highest BCUT2D eigenvalue weighted by Gasteiger charge is 2.12. The van der Waals surface area contributed by atoms with Crippen LogP contribution in [0.25, 0.3) is 11.3 Å². The lowest BCUT2D eigenvalue weighted by Gasteiger charge is -2.12. The van der Waals surface area contributed by atoms with E-state index in [1.165, 1.54) is 6.07 Å². The van der Waals surface area contributed by atoms with Crippen LogP contribution < -0.4 is 5.32 Å². The molecule has 2 aromatic rings. The van der Waals surface area contributed by atoms with Gasteiger partial charge < -0.3 is 5.32 Å². The Morgan fingerprint density at radius 3 is 2.53 bits per heavy atom. The van der Waals surface area contributed by atoms with Crippen LogP contribution in [0.1, 0.15) is 23.9 Å². The van der Waals surface area contributed by atoms with Crippen LogP contribution in [0.3, 0.4) is 0 Å². The van der Waals surface area contributed by atoms with Gasteiger partial charge in [0.1, 0.15) is 17.5 Å². The van der Waals surface area contributed by atoms with Gasteiger partial charge in [-0.25, -0.2) is 14.4 Å². The van der Waals surface area contributed by atoms with Crippen LogP contribution >= 0.6 is 0 Å². The lowest BCUT2D eigenvalue weighted by Crippen LogP contribution is -2.04. The SMILES string of the molecule is CCc1nc(NC)c(C)c(-c2ccc(C)c(F)c2)n1. The maximum atomic E-state index is 13.7. The summed E-state index contributed by atoms with van der Waals surface area (Å²) >= 11 is 0. The molecule has 3 nitrogen and oxygen atoms in total. The fourth-order valence-electron chi connectivity index (χ4n) is 1.99. The van der Waals surface area contributed by atoms with E-state index in [0.717, 1.165) is 34.9 Å². The predicted octanol–water partition coefficient (Wildman–Crippen LogP) is 3.50. The molecule has 19 heavy (non-hydrogen) atoms. The van der Waals surface area contributed by atoms with Crippen molar-refractivity contribution in [3.05, 3.63) is 41.0 Å². The minimum atomic E-state index is -0.209. The summed E-state index contributed by atoms with van der Waals surface area (Å²) in [4.78, 5) is 8.94. The maximum Gasteiger partial charge on any atom is 0.132 e. The monoisotopic (exact) mass is 259 g/mol. The summed E-state index contributed by atoms with van der Waals surface area (Å²) in [5.41, 5.74) is 3.15. The first-order chi connectivity index (χ1) is 9.06. The van der Waals surface area contributed by atoms with Crippen LogP contribution in [0.2, 0.25) is 0 Å². The minimum absolute atomic E-state index is 0.209. The van der Waals surface area contributed by atoms with E-state index in [-0.39, 0.29) is 5.82 Å². The Bertz CT molecular complexity index is 609. The van der Waals surface area contributed by atoms with Gasteiger partial charge in [-0.2, -0.15) is 0 Å². The molecule has 1 N–H and O–H groups in total. The van der Waals surface area contributed by atoms with Gasteiger partial charge >= 0.3 is 0 Å². The largest absolute Gasteiger partial charge is 0.373 e. The fourth-order valence-corrected chi connectivity index (χ4v) is 1.99. The van der Waals surface area contributed by atoms with Gasteiger partial charge in [-0.1, -0.05) is 19.1 Å². The van der Waals surface area contributed by atoms with E-state index in [0.29, 0.717) is 5.56 Å². The van der Waals surface area contributed by atoms with Crippen LogP contribution in [0.5, 0.6) is 0 Å². The minimum Gasteiger partial charge on any atom is -0.373 e. The van der Waals surface area contributed by atoms with Crippen LogP contribution in [0.4, 0.5) is 10.2 Å². The van der Waals surface area contributed by atoms with E-state index in [9.17, 15) is 4.39 Å². The molecule has 0 saturated heterocycles. The third kappa shape index (κ3) is 2.57. The van der Waals surface area contributed by atoms with Crippen molar-refractivity contribution in [3.8, 4) is 11.3 Å².